The number of ether oxygens (including phenoxy) is 2. The number of phenols is 1. The largest absolute Gasteiger partial charge is 0.506 e. The van der Waals surface area contributed by atoms with Gasteiger partial charge in [-0.15, -0.1) is 0 Å². The van der Waals surface area contributed by atoms with Gasteiger partial charge in [-0.1, -0.05) is 37.3 Å². The molecule has 0 radical (unpaired) electrons. The van der Waals surface area contributed by atoms with E-state index in [4.69, 9.17) is 15.2 Å². The van der Waals surface area contributed by atoms with Crippen molar-refractivity contribution in [3.63, 3.8) is 0 Å². The van der Waals surface area contributed by atoms with Crippen molar-refractivity contribution in [3.8, 4) is 17.2 Å². The normalized spacial score (nSPS) is 14.2. The van der Waals surface area contributed by atoms with Crippen LogP contribution in [0.15, 0.2) is 66.7 Å². The van der Waals surface area contributed by atoms with Crippen LogP contribution in [0.25, 0.3) is 0 Å². The number of hydrogen-bond donors (Lipinski definition) is 4. The quantitative estimate of drug-likeness (QED) is 0.285. The number of methoxy groups -OCH3 is 2. The van der Waals surface area contributed by atoms with Gasteiger partial charge >= 0.3 is 0 Å². The predicted molar refractivity (Wildman–Crippen MR) is 141 cm³/mol. The molecule has 0 saturated heterocycles. The highest BCUT2D eigenvalue weighted by Crippen LogP contribution is 2.36. The van der Waals surface area contributed by atoms with Gasteiger partial charge in [0.05, 0.1) is 32.3 Å². The van der Waals surface area contributed by atoms with Crippen LogP contribution in [-0.4, -0.2) is 45.1 Å². The third kappa shape index (κ3) is 6.90. The SMILES string of the molecule is COc1ccc(C(CC(C)C(N)[C@H](O)c2ccc(O)c(NS(C)(=O)=O)c2)c2ccc(OC)cc2)cc1. The summed E-state index contributed by atoms with van der Waals surface area (Å²) in [4.78, 5) is 0. The van der Waals surface area contributed by atoms with Crippen molar-refractivity contribution in [1.29, 1.82) is 0 Å². The van der Waals surface area contributed by atoms with E-state index in [9.17, 15) is 18.6 Å². The number of nitrogens with one attached hydrogen (secondary N) is 1. The number of benzene rings is 3. The summed E-state index contributed by atoms with van der Waals surface area (Å²) >= 11 is 0. The molecule has 0 amide bonds. The van der Waals surface area contributed by atoms with Gasteiger partial charge < -0.3 is 25.4 Å². The zero-order chi connectivity index (χ0) is 26.5. The molecule has 3 rings (SSSR count). The van der Waals surface area contributed by atoms with Crippen molar-refractivity contribution < 1.29 is 28.1 Å². The van der Waals surface area contributed by atoms with Gasteiger partial charge in [0.1, 0.15) is 17.2 Å². The van der Waals surface area contributed by atoms with Gasteiger partial charge in [0.25, 0.3) is 0 Å². The molecule has 2 unspecified atom stereocenters. The first kappa shape index (κ1) is 27.3. The first-order chi connectivity index (χ1) is 17.0. The van der Waals surface area contributed by atoms with Crippen molar-refractivity contribution in [2.75, 3.05) is 25.2 Å². The highest BCUT2D eigenvalue weighted by atomic mass is 32.2. The maximum absolute atomic E-state index is 11.6. The van der Waals surface area contributed by atoms with E-state index in [1.807, 2.05) is 55.5 Å². The number of aromatic hydroxyl groups is 1. The fourth-order valence-electron chi connectivity index (χ4n) is 4.22. The summed E-state index contributed by atoms with van der Waals surface area (Å²) in [5, 5.41) is 21.1. The van der Waals surface area contributed by atoms with Crippen LogP contribution >= 0.6 is 0 Å². The van der Waals surface area contributed by atoms with Gasteiger partial charge in [-0.2, -0.15) is 0 Å². The molecule has 194 valence electrons. The highest BCUT2D eigenvalue weighted by Gasteiger charge is 2.27. The monoisotopic (exact) mass is 514 g/mol. The lowest BCUT2D eigenvalue weighted by Gasteiger charge is -2.29. The molecule has 0 aromatic heterocycles. The lowest BCUT2D eigenvalue weighted by Crippen LogP contribution is -2.36. The molecule has 8 nitrogen and oxygen atoms in total. The van der Waals surface area contributed by atoms with Gasteiger partial charge in [0.15, 0.2) is 0 Å². The van der Waals surface area contributed by atoms with Crippen LogP contribution in [0.1, 0.15) is 42.1 Å². The summed E-state index contributed by atoms with van der Waals surface area (Å²) in [5.41, 5.74) is 9.07. The summed E-state index contributed by atoms with van der Waals surface area (Å²) in [6.07, 6.45) is 0.554. The molecular formula is C27H34N2O6S. The number of aliphatic hydroxyl groups excluding tert-OH is 1. The maximum Gasteiger partial charge on any atom is 0.229 e. The lowest BCUT2D eigenvalue weighted by atomic mass is 9.80. The Morgan fingerprint density at radius 1 is 0.889 bits per heavy atom. The molecule has 9 heteroatoms. The van der Waals surface area contributed by atoms with Crippen molar-refractivity contribution in [2.24, 2.45) is 11.7 Å². The third-order valence-electron chi connectivity index (χ3n) is 6.32. The molecule has 0 saturated carbocycles. The molecule has 0 bridgehead atoms. The van der Waals surface area contributed by atoms with Crippen LogP contribution < -0.4 is 19.9 Å². The fourth-order valence-corrected chi connectivity index (χ4v) is 4.78. The molecule has 0 heterocycles. The fraction of sp³-hybridized carbons (Fsp3) is 0.333. The Hall–Kier alpha value is -3.27. The smallest absolute Gasteiger partial charge is 0.229 e. The van der Waals surface area contributed by atoms with E-state index in [0.717, 1.165) is 28.9 Å². The molecule has 0 aliphatic heterocycles. The van der Waals surface area contributed by atoms with Crippen molar-refractivity contribution >= 4 is 15.7 Å². The van der Waals surface area contributed by atoms with Gasteiger partial charge in [-0.25, -0.2) is 8.42 Å². The van der Waals surface area contributed by atoms with E-state index >= 15 is 0 Å². The number of aliphatic hydroxyl groups is 1. The molecule has 0 aliphatic carbocycles. The van der Waals surface area contributed by atoms with Crippen molar-refractivity contribution in [2.45, 2.75) is 31.4 Å². The van der Waals surface area contributed by atoms with Crippen LogP contribution in [-0.2, 0) is 10.0 Å². The molecular weight excluding hydrogens is 480 g/mol. The first-order valence-electron chi connectivity index (χ1n) is 11.5. The minimum atomic E-state index is -3.61. The van der Waals surface area contributed by atoms with Crippen molar-refractivity contribution in [3.05, 3.63) is 83.4 Å². The lowest BCUT2D eigenvalue weighted by molar-refractivity contribution is 0.118. The highest BCUT2D eigenvalue weighted by molar-refractivity contribution is 7.92. The summed E-state index contributed by atoms with van der Waals surface area (Å²) < 4.78 is 36.1. The van der Waals surface area contributed by atoms with Crippen molar-refractivity contribution in [1.82, 2.24) is 0 Å². The number of nitrogens with two attached hydrogens (primary N) is 1. The third-order valence-corrected chi connectivity index (χ3v) is 6.91. The van der Waals surface area contributed by atoms with Gasteiger partial charge in [0, 0.05) is 12.0 Å². The number of hydrogen-bond acceptors (Lipinski definition) is 7. The van der Waals surface area contributed by atoms with Gasteiger partial charge in [0.2, 0.25) is 10.0 Å². The zero-order valence-corrected chi connectivity index (χ0v) is 21.7. The second-order valence-electron chi connectivity index (χ2n) is 8.98. The molecule has 0 spiro atoms. The van der Waals surface area contributed by atoms with E-state index in [1.165, 1.54) is 18.2 Å². The van der Waals surface area contributed by atoms with Gasteiger partial charge in [-0.3, -0.25) is 4.72 Å². The molecule has 5 N–H and O–H groups in total. The Morgan fingerprint density at radius 2 is 1.36 bits per heavy atom. The Labute approximate surface area is 212 Å². The van der Waals surface area contributed by atoms with E-state index in [-0.39, 0.29) is 23.3 Å². The Bertz CT molecular complexity index is 1200. The van der Waals surface area contributed by atoms with E-state index in [2.05, 4.69) is 4.72 Å². The summed E-state index contributed by atoms with van der Waals surface area (Å²) in [5.74, 6) is 1.15. The molecule has 0 fully saturated rings. The topological polar surface area (TPSA) is 131 Å². The summed E-state index contributed by atoms with van der Waals surface area (Å²) in [6.45, 7) is 1.98. The minimum absolute atomic E-state index is 0.00246. The van der Waals surface area contributed by atoms with Crippen LogP contribution in [0.4, 0.5) is 5.69 Å². The number of sulfonamides is 1. The van der Waals surface area contributed by atoms with E-state index in [0.29, 0.717) is 12.0 Å². The second kappa shape index (κ2) is 11.6. The molecule has 3 aromatic carbocycles. The van der Waals surface area contributed by atoms with E-state index in [1.54, 1.807) is 14.2 Å². The average Bonchev–Trinajstić information content (AvgIpc) is 2.87. The second-order valence-corrected chi connectivity index (χ2v) is 10.7. The summed E-state index contributed by atoms with van der Waals surface area (Å²) in [6, 6.07) is 19.4. The van der Waals surface area contributed by atoms with E-state index < -0.39 is 22.2 Å². The van der Waals surface area contributed by atoms with Crippen LogP contribution in [0.3, 0.4) is 0 Å². The van der Waals surface area contributed by atoms with Crippen LogP contribution in [0.2, 0.25) is 0 Å². The average molecular weight is 515 g/mol. The zero-order valence-electron chi connectivity index (χ0n) is 20.9. The number of anilines is 1. The predicted octanol–water partition coefficient (Wildman–Crippen LogP) is 4.00. The number of rotatable bonds is 11. The Morgan fingerprint density at radius 3 is 1.81 bits per heavy atom. The molecule has 3 aromatic rings. The summed E-state index contributed by atoms with van der Waals surface area (Å²) in [7, 11) is -0.360. The first-order valence-corrected chi connectivity index (χ1v) is 13.4. The standard InChI is InChI=1S/C27H34N2O6S/c1-17(26(28)27(31)20-9-14-25(30)24(16-20)29-36(4,32)33)15-23(18-5-10-21(34-2)11-6-18)19-7-12-22(35-3)13-8-19/h5-14,16-17,23,26-27,29-31H,15,28H2,1-4H3/t17?,26?,27-/m1/s1. The Kier molecular flexibility index (Phi) is 8.84. The maximum atomic E-state index is 11.6. The Balaban J connectivity index is 1.86. The number of phenolic OH excluding ortho intramolecular Hbond substituents is 1. The molecule has 36 heavy (non-hydrogen) atoms. The van der Waals surface area contributed by atoms with Gasteiger partial charge in [-0.05, 0) is 65.4 Å². The molecule has 0 aliphatic rings. The van der Waals surface area contributed by atoms with Crippen LogP contribution in [0, 0.1) is 5.92 Å². The van der Waals surface area contributed by atoms with Crippen LogP contribution in [0.5, 0.6) is 17.2 Å². The molecule has 3 atom stereocenters. The minimum Gasteiger partial charge on any atom is -0.506 e.